The van der Waals surface area contributed by atoms with Crippen molar-refractivity contribution in [3.63, 3.8) is 0 Å². The molecular formula is C18H20N2O5. The van der Waals surface area contributed by atoms with Crippen molar-refractivity contribution in [3.05, 3.63) is 53.5 Å². The molecule has 2 amide bonds. The van der Waals surface area contributed by atoms with Crippen LogP contribution in [0.15, 0.2) is 41.0 Å². The number of rotatable bonds is 7. The molecule has 0 saturated heterocycles. The third-order valence-corrected chi connectivity index (χ3v) is 3.51. The van der Waals surface area contributed by atoms with E-state index in [0.29, 0.717) is 5.69 Å². The van der Waals surface area contributed by atoms with E-state index >= 15 is 0 Å². The fourth-order valence-electron chi connectivity index (χ4n) is 2.01. The number of carbonyl (C=O) groups excluding carboxylic acids is 3. The zero-order valence-corrected chi connectivity index (χ0v) is 14.1. The van der Waals surface area contributed by atoms with Crippen LogP contribution in [0, 0.1) is 13.8 Å². The number of esters is 1. The van der Waals surface area contributed by atoms with Gasteiger partial charge in [-0.1, -0.05) is 6.07 Å². The van der Waals surface area contributed by atoms with Crippen LogP contribution in [-0.4, -0.2) is 30.9 Å². The van der Waals surface area contributed by atoms with Crippen molar-refractivity contribution in [1.82, 2.24) is 5.32 Å². The Hall–Kier alpha value is -3.09. The summed E-state index contributed by atoms with van der Waals surface area (Å²) in [4.78, 5) is 35.0. The first-order valence-corrected chi connectivity index (χ1v) is 7.80. The fourth-order valence-corrected chi connectivity index (χ4v) is 2.01. The Morgan fingerprint density at radius 1 is 1.12 bits per heavy atom. The van der Waals surface area contributed by atoms with E-state index in [0.717, 1.165) is 11.1 Å². The van der Waals surface area contributed by atoms with Crippen LogP contribution in [0.1, 0.15) is 28.1 Å². The number of ether oxygens (including phenoxy) is 1. The van der Waals surface area contributed by atoms with Gasteiger partial charge in [0.2, 0.25) is 0 Å². The summed E-state index contributed by atoms with van der Waals surface area (Å²) in [6.45, 7) is 3.64. The van der Waals surface area contributed by atoms with Crippen LogP contribution in [0.5, 0.6) is 0 Å². The molecule has 0 aliphatic carbocycles. The second-order valence-electron chi connectivity index (χ2n) is 5.49. The summed E-state index contributed by atoms with van der Waals surface area (Å²) in [5, 5.41) is 5.18. The molecule has 0 unspecified atom stereocenters. The number of hydrogen-bond donors (Lipinski definition) is 2. The SMILES string of the molecule is Cc1ccc(NC(=O)COC(=O)CCNC(=O)c2ccco2)cc1C. The predicted molar refractivity (Wildman–Crippen MR) is 91.2 cm³/mol. The number of anilines is 1. The quantitative estimate of drug-likeness (QED) is 0.751. The number of amides is 2. The third kappa shape index (κ3) is 5.80. The number of benzene rings is 1. The first kappa shape index (κ1) is 18.3. The van der Waals surface area contributed by atoms with Crippen molar-refractivity contribution in [2.45, 2.75) is 20.3 Å². The first-order valence-electron chi connectivity index (χ1n) is 7.80. The lowest BCUT2D eigenvalue weighted by Gasteiger charge is -2.08. The Morgan fingerprint density at radius 2 is 1.92 bits per heavy atom. The Labute approximate surface area is 145 Å². The summed E-state index contributed by atoms with van der Waals surface area (Å²) in [5.74, 6) is -1.24. The van der Waals surface area contributed by atoms with Gasteiger partial charge in [-0.2, -0.15) is 0 Å². The number of hydrogen-bond acceptors (Lipinski definition) is 5. The lowest BCUT2D eigenvalue weighted by Crippen LogP contribution is -2.27. The van der Waals surface area contributed by atoms with Gasteiger partial charge in [0.15, 0.2) is 12.4 Å². The number of furan rings is 1. The van der Waals surface area contributed by atoms with Gasteiger partial charge >= 0.3 is 5.97 Å². The zero-order chi connectivity index (χ0) is 18.2. The smallest absolute Gasteiger partial charge is 0.308 e. The Bertz CT molecular complexity index is 753. The molecule has 0 spiro atoms. The van der Waals surface area contributed by atoms with Crippen LogP contribution in [-0.2, 0) is 14.3 Å². The fraction of sp³-hybridized carbons (Fsp3) is 0.278. The molecule has 2 aromatic rings. The minimum atomic E-state index is -0.574. The molecule has 1 heterocycles. The van der Waals surface area contributed by atoms with Crippen LogP contribution < -0.4 is 10.6 Å². The highest BCUT2D eigenvalue weighted by Gasteiger charge is 2.11. The van der Waals surface area contributed by atoms with Crippen LogP contribution in [0.25, 0.3) is 0 Å². The predicted octanol–water partition coefficient (Wildman–Crippen LogP) is 2.20. The molecule has 132 valence electrons. The molecule has 0 aliphatic heterocycles. The van der Waals surface area contributed by atoms with Crippen molar-refractivity contribution >= 4 is 23.5 Å². The highest BCUT2D eigenvalue weighted by molar-refractivity contribution is 5.93. The molecule has 1 aromatic heterocycles. The van der Waals surface area contributed by atoms with E-state index in [2.05, 4.69) is 10.6 Å². The Morgan fingerprint density at radius 3 is 2.60 bits per heavy atom. The maximum atomic E-state index is 11.8. The lowest BCUT2D eigenvalue weighted by atomic mass is 10.1. The standard InChI is InChI=1S/C18H20N2O5/c1-12-5-6-14(10-13(12)2)20-16(21)11-25-17(22)7-8-19-18(23)15-4-3-9-24-15/h3-6,9-10H,7-8,11H2,1-2H3,(H,19,23)(H,20,21). The third-order valence-electron chi connectivity index (χ3n) is 3.51. The van der Waals surface area contributed by atoms with Crippen molar-refractivity contribution < 1.29 is 23.5 Å². The van der Waals surface area contributed by atoms with Gasteiger partial charge in [0.05, 0.1) is 12.7 Å². The topological polar surface area (TPSA) is 97.6 Å². The highest BCUT2D eigenvalue weighted by atomic mass is 16.5. The minimum Gasteiger partial charge on any atom is -0.459 e. The number of carbonyl (C=O) groups is 3. The van der Waals surface area contributed by atoms with Gasteiger partial charge < -0.3 is 19.8 Å². The van der Waals surface area contributed by atoms with Gasteiger partial charge in [0.25, 0.3) is 11.8 Å². The van der Waals surface area contributed by atoms with Gasteiger partial charge in [0, 0.05) is 12.2 Å². The summed E-state index contributed by atoms with van der Waals surface area (Å²) < 4.78 is 9.80. The average molecular weight is 344 g/mol. The summed E-state index contributed by atoms with van der Waals surface area (Å²) in [6, 6.07) is 8.65. The van der Waals surface area contributed by atoms with Gasteiger partial charge in [0.1, 0.15) is 0 Å². The van der Waals surface area contributed by atoms with Gasteiger partial charge in [-0.15, -0.1) is 0 Å². The molecule has 0 fully saturated rings. The van der Waals surface area contributed by atoms with E-state index in [9.17, 15) is 14.4 Å². The van der Waals surface area contributed by atoms with Crippen molar-refractivity contribution in [1.29, 1.82) is 0 Å². The molecule has 0 saturated carbocycles. The van der Waals surface area contributed by atoms with Crippen molar-refractivity contribution in [2.24, 2.45) is 0 Å². The molecule has 2 N–H and O–H groups in total. The summed E-state index contributed by atoms with van der Waals surface area (Å²) >= 11 is 0. The average Bonchev–Trinajstić information content (AvgIpc) is 3.11. The van der Waals surface area contributed by atoms with E-state index in [1.165, 1.54) is 12.3 Å². The van der Waals surface area contributed by atoms with E-state index in [1.54, 1.807) is 12.1 Å². The summed E-state index contributed by atoms with van der Waals surface area (Å²) in [7, 11) is 0. The molecule has 0 aliphatic rings. The van der Waals surface area contributed by atoms with E-state index < -0.39 is 17.8 Å². The highest BCUT2D eigenvalue weighted by Crippen LogP contribution is 2.13. The molecule has 0 radical (unpaired) electrons. The Balaban J connectivity index is 1.66. The molecule has 0 bridgehead atoms. The monoisotopic (exact) mass is 344 g/mol. The van der Waals surface area contributed by atoms with Gasteiger partial charge in [-0.25, -0.2) is 0 Å². The van der Waals surface area contributed by atoms with E-state index in [-0.39, 0.29) is 25.3 Å². The molecule has 2 rings (SSSR count). The Kier molecular flexibility index (Phi) is 6.33. The van der Waals surface area contributed by atoms with Crippen LogP contribution in [0.2, 0.25) is 0 Å². The van der Waals surface area contributed by atoms with Gasteiger partial charge in [-0.3, -0.25) is 14.4 Å². The zero-order valence-electron chi connectivity index (χ0n) is 14.1. The van der Waals surface area contributed by atoms with E-state index in [1.807, 2.05) is 26.0 Å². The van der Waals surface area contributed by atoms with Crippen LogP contribution in [0.3, 0.4) is 0 Å². The second kappa shape index (κ2) is 8.68. The second-order valence-corrected chi connectivity index (χ2v) is 5.49. The summed E-state index contributed by atoms with van der Waals surface area (Å²) in [6.07, 6.45) is 1.35. The normalized spacial score (nSPS) is 10.2. The number of nitrogens with one attached hydrogen (secondary N) is 2. The molecular weight excluding hydrogens is 324 g/mol. The van der Waals surface area contributed by atoms with Crippen LogP contribution >= 0.6 is 0 Å². The summed E-state index contributed by atoms with van der Waals surface area (Å²) in [5.41, 5.74) is 2.83. The van der Waals surface area contributed by atoms with Gasteiger partial charge in [-0.05, 0) is 49.2 Å². The van der Waals surface area contributed by atoms with Crippen molar-refractivity contribution in [3.8, 4) is 0 Å². The lowest BCUT2D eigenvalue weighted by molar-refractivity contribution is -0.147. The molecule has 7 nitrogen and oxygen atoms in total. The van der Waals surface area contributed by atoms with Crippen molar-refractivity contribution in [2.75, 3.05) is 18.5 Å². The molecule has 7 heteroatoms. The largest absolute Gasteiger partial charge is 0.459 e. The maximum Gasteiger partial charge on any atom is 0.308 e. The maximum absolute atomic E-state index is 11.8. The van der Waals surface area contributed by atoms with Crippen LogP contribution in [0.4, 0.5) is 5.69 Å². The molecule has 1 aromatic carbocycles. The van der Waals surface area contributed by atoms with E-state index in [4.69, 9.17) is 9.15 Å². The molecule has 25 heavy (non-hydrogen) atoms. The molecule has 0 atom stereocenters. The number of aryl methyl sites for hydroxylation is 2. The first-order chi connectivity index (χ1) is 12.0. The minimum absolute atomic E-state index is 0.0383.